The second kappa shape index (κ2) is 4.74. The Hall–Kier alpha value is -0.0600. The van der Waals surface area contributed by atoms with Gasteiger partial charge in [0.25, 0.3) is 0 Å². The highest BCUT2D eigenvalue weighted by Crippen LogP contribution is 2.12. The van der Waals surface area contributed by atoms with E-state index in [2.05, 4.69) is 0 Å². The van der Waals surface area contributed by atoms with Gasteiger partial charge in [-0.1, -0.05) is 11.8 Å². The maximum absolute atomic E-state index is 10.5. The second-order valence-corrected chi connectivity index (χ2v) is 3.57. The van der Waals surface area contributed by atoms with Crippen LogP contribution in [-0.2, 0) is 14.3 Å². The summed E-state index contributed by atoms with van der Waals surface area (Å²) in [7, 11) is 0. The fourth-order valence-corrected chi connectivity index (χ4v) is 1.47. The highest BCUT2D eigenvalue weighted by atomic mass is 32.2. The van der Waals surface area contributed by atoms with E-state index in [-0.39, 0.29) is 11.4 Å². The van der Waals surface area contributed by atoms with Gasteiger partial charge in [-0.2, -0.15) is 0 Å². The maximum atomic E-state index is 10.5. The Morgan fingerprint density at radius 3 is 2.73 bits per heavy atom. The molecule has 0 aliphatic carbocycles. The van der Waals surface area contributed by atoms with Crippen molar-refractivity contribution in [3.05, 3.63) is 0 Å². The lowest BCUT2D eigenvalue weighted by atomic mass is 10.5. The van der Waals surface area contributed by atoms with Crippen molar-refractivity contribution >= 4 is 16.9 Å². The summed E-state index contributed by atoms with van der Waals surface area (Å²) in [5.74, 6) is 0.792. The molecule has 0 spiro atoms. The fourth-order valence-electron chi connectivity index (χ4n) is 0.873. The molecule has 0 saturated carbocycles. The number of rotatable bonds is 3. The van der Waals surface area contributed by atoms with Crippen LogP contribution in [0.1, 0.15) is 13.3 Å². The van der Waals surface area contributed by atoms with Gasteiger partial charge in [-0.25, -0.2) is 0 Å². The Labute approximate surface area is 70.4 Å². The lowest BCUT2D eigenvalue weighted by Gasteiger charge is -2.06. The van der Waals surface area contributed by atoms with E-state index in [1.54, 1.807) is 6.92 Å². The van der Waals surface area contributed by atoms with Gasteiger partial charge in [-0.3, -0.25) is 4.79 Å². The summed E-state index contributed by atoms with van der Waals surface area (Å²) >= 11 is 1.32. The molecule has 0 amide bonds. The molecule has 0 aromatic rings. The number of hydrogen-bond donors (Lipinski definition) is 0. The molecule has 11 heavy (non-hydrogen) atoms. The monoisotopic (exact) mass is 176 g/mol. The molecule has 1 aliphatic rings. The SMILES string of the molecule is CC(=O)SCCC1OCCO1. The first-order chi connectivity index (χ1) is 5.29. The van der Waals surface area contributed by atoms with Gasteiger partial charge in [-0.15, -0.1) is 0 Å². The van der Waals surface area contributed by atoms with Crippen LogP contribution in [-0.4, -0.2) is 30.4 Å². The summed E-state index contributed by atoms with van der Waals surface area (Å²) in [6, 6.07) is 0. The molecule has 1 aliphatic heterocycles. The molecule has 64 valence electrons. The largest absolute Gasteiger partial charge is 0.350 e. The van der Waals surface area contributed by atoms with Crippen LogP contribution in [0.4, 0.5) is 0 Å². The highest BCUT2D eigenvalue weighted by molar-refractivity contribution is 8.13. The van der Waals surface area contributed by atoms with Crippen LogP contribution >= 0.6 is 11.8 Å². The maximum Gasteiger partial charge on any atom is 0.185 e. The smallest absolute Gasteiger partial charge is 0.185 e. The molecule has 0 unspecified atom stereocenters. The molecular formula is C7H12O3S. The van der Waals surface area contributed by atoms with Crippen molar-refractivity contribution in [2.45, 2.75) is 19.6 Å². The molecule has 3 nitrogen and oxygen atoms in total. The second-order valence-electron chi connectivity index (χ2n) is 2.30. The average Bonchev–Trinajstić information content (AvgIpc) is 2.39. The molecule has 1 saturated heterocycles. The molecule has 0 bridgehead atoms. The van der Waals surface area contributed by atoms with E-state index in [1.807, 2.05) is 0 Å². The third kappa shape index (κ3) is 3.74. The van der Waals surface area contributed by atoms with Gasteiger partial charge in [0.2, 0.25) is 0 Å². The number of thioether (sulfide) groups is 1. The van der Waals surface area contributed by atoms with Crippen molar-refractivity contribution < 1.29 is 14.3 Å². The van der Waals surface area contributed by atoms with Crippen molar-refractivity contribution in [2.24, 2.45) is 0 Å². The fraction of sp³-hybridized carbons (Fsp3) is 0.857. The van der Waals surface area contributed by atoms with Crippen LogP contribution in [0, 0.1) is 0 Å². The van der Waals surface area contributed by atoms with E-state index < -0.39 is 0 Å². The Morgan fingerprint density at radius 2 is 2.18 bits per heavy atom. The van der Waals surface area contributed by atoms with Crippen LogP contribution in [0.3, 0.4) is 0 Å². The summed E-state index contributed by atoms with van der Waals surface area (Å²) in [5, 5.41) is 0.156. The van der Waals surface area contributed by atoms with E-state index in [1.165, 1.54) is 11.8 Å². The molecule has 0 atom stereocenters. The zero-order chi connectivity index (χ0) is 8.10. The van der Waals surface area contributed by atoms with Crippen LogP contribution in [0.15, 0.2) is 0 Å². The number of hydrogen-bond acceptors (Lipinski definition) is 4. The molecule has 1 fully saturated rings. The standard InChI is InChI=1S/C7H12O3S/c1-6(8)11-5-2-7-9-3-4-10-7/h7H,2-5H2,1H3. The summed E-state index contributed by atoms with van der Waals surface area (Å²) in [6.45, 7) is 2.95. The molecule has 1 heterocycles. The van der Waals surface area contributed by atoms with Crippen molar-refractivity contribution in [2.75, 3.05) is 19.0 Å². The number of carbonyl (C=O) groups excluding carboxylic acids is 1. The summed E-state index contributed by atoms with van der Waals surface area (Å²) in [5.41, 5.74) is 0. The van der Waals surface area contributed by atoms with Gasteiger partial charge in [-0.05, 0) is 0 Å². The lowest BCUT2D eigenvalue weighted by molar-refractivity contribution is -0.109. The van der Waals surface area contributed by atoms with E-state index in [0.717, 1.165) is 12.2 Å². The van der Waals surface area contributed by atoms with Crippen molar-refractivity contribution in [3.63, 3.8) is 0 Å². The first-order valence-corrected chi connectivity index (χ1v) is 4.64. The van der Waals surface area contributed by atoms with Crippen LogP contribution < -0.4 is 0 Å². The normalized spacial score (nSPS) is 19.0. The van der Waals surface area contributed by atoms with Gasteiger partial charge < -0.3 is 9.47 Å². The minimum Gasteiger partial charge on any atom is -0.350 e. The van der Waals surface area contributed by atoms with E-state index >= 15 is 0 Å². The predicted octanol–water partition coefficient (Wildman–Crippen LogP) is 1.03. The molecule has 4 heteroatoms. The number of ether oxygens (including phenoxy) is 2. The molecular weight excluding hydrogens is 164 g/mol. The first kappa shape index (κ1) is 9.03. The van der Waals surface area contributed by atoms with Crippen LogP contribution in [0.2, 0.25) is 0 Å². The quantitative estimate of drug-likeness (QED) is 0.643. The molecule has 0 aromatic carbocycles. The minimum absolute atomic E-state index is 0.0677. The van der Waals surface area contributed by atoms with Gasteiger partial charge in [0.1, 0.15) is 0 Å². The zero-order valence-electron chi connectivity index (χ0n) is 6.54. The van der Waals surface area contributed by atoms with E-state index in [0.29, 0.717) is 13.2 Å². The molecule has 1 rings (SSSR count). The summed E-state index contributed by atoms with van der Waals surface area (Å²) in [6.07, 6.45) is 0.742. The molecule has 0 aromatic heterocycles. The third-order valence-corrected chi connectivity index (χ3v) is 2.20. The lowest BCUT2D eigenvalue weighted by Crippen LogP contribution is -2.08. The van der Waals surface area contributed by atoms with Crippen LogP contribution in [0.5, 0.6) is 0 Å². The van der Waals surface area contributed by atoms with Crippen molar-refractivity contribution in [3.8, 4) is 0 Å². The third-order valence-electron chi connectivity index (χ3n) is 1.35. The Morgan fingerprint density at radius 1 is 1.55 bits per heavy atom. The first-order valence-electron chi connectivity index (χ1n) is 3.65. The summed E-state index contributed by atoms with van der Waals surface area (Å²) < 4.78 is 10.4. The van der Waals surface area contributed by atoms with Gasteiger partial charge in [0.15, 0.2) is 11.4 Å². The van der Waals surface area contributed by atoms with Crippen LogP contribution in [0.25, 0.3) is 0 Å². The van der Waals surface area contributed by atoms with Crippen molar-refractivity contribution in [1.29, 1.82) is 0 Å². The van der Waals surface area contributed by atoms with Gasteiger partial charge >= 0.3 is 0 Å². The predicted molar refractivity (Wildman–Crippen MR) is 43.4 cm³/mol. The zero-order valence-corrected chi connectivity index (χ0v) is 7.36. The van der Waals surface area contributed by atoms with E-state index in [4.69, 9.17) is 9.47 Å². The van der Waals surface area contributed by atoms with Crippen molar-refractivity contribution in [1.82, 2.24) is 0 Å². The topological polar surface area (TPSA) is 35.5 Å². The Balaban J connectivity index is 1.98. The molecule has 0 N–H and O–H groups in total. The number of carbonyl (C=O) groups is 1. The Bertz CT molecular complexity index is 132. The minimum atomic E-state index is -0.0677. The van der Waals surface area contributed by atoms with Gasteiger partial charge in [0.05, 0.1) is 13.2 Å². The summed E-state index contributed by atoms with van der Waals surface area (Å²) in [4.78, 5) is 10.5. The highest BCUT2D eigenvalue weighted by Gasteiger charge is 2.15. The van der Waals surface area contributed by atoms with E-state index in [9.17, 15) is 4.79 Å². The molecule has 0 radical (unpaired) electrons. The Kier molecular flexibility index (Phi) is 3.90. The van der Waals surface area contributed by atoms with Gasteiger partial charge in [0, 0.05) is 19.1 Å². The average molecular weight is 176 g/mol.